The van der Waals surface area contributed by atoms with Crippen molar-refractivity contribution in [3.05, 3.63) is 62.5 Å². The van der Waals surface area contributed by atoms with Crippen LogP contribution < -0.4 is 10.2 Å². The Morgan fingerprint density at radius 2 is 1.91 bits per heavy atom. The van der Waals surface area contributed by atoms with Crippen LogP contribution in [0.2, 0.25) is 10.0 Å². The van der Waals surface area contributed by atoms with E-state index in [9.17, 15) is 4.79 Å². The summed E-state index contributed by atoms with van der Waals surface area (Å²) in [5.74, 6) is 0.0562. The molecule has 2 aromatic carbocycles. The molecule has 0 aliphatic carbocycles. The highest BCUT2D eigenvalue weighted by Crippen LogP contribution is 2.27. The molecular formula is C16H13BrCl2N2O2. The van der Waals surface area contributed by atoms with Crippen molar-refractivity contribution >= 4 is 50.8 Å². The van der Waals surface area contributed by atoms with Crippen molar-refractivity contribution in [2.24, 2.45) is 5.10 Å². The number of rotatable bonds is 5. The largest absolute Gasteiger partial charge is 0.482 e. The Morgan fingerprint density at radius 1 is 1.22 bits per heavy atom. The summed E-state index contributed by atoms with van der Waals surface area (Å²) in [5, 5.41) is 5.09. The molecule has 0 bridgehead atoms. The molecule has 0 atom stereocenters. The van der Waals surface area contributed by atoms with Gasteiger partial charge in [-0.1, -0.05) is 51.3 Å². The van der Waals surface area contributed by atoms with Crippen molar-refractivity contribution in [2.45, 2.75) is 6.92 Å². The lowest BCUT2D eigenvalue weighted by molar-refractivity contribution is -0.123. The summed E-state index contributed by atoms with van der Waals surface area (Å²) in [6, 6.07) is 12.3. The Bertz CT molecular complexity index is 733. The molecule has 120 valence electrons. The van der Waals surface area contributed by atoms with Crippen LogP contribution >= 0.6 is 39.1 Å². The maximum absolute atomic E-state index is 11.8. The fraction of sp³-hybridized carbons (Fsp3) is 0.125. The van der Waals surface area contributed by atoms with E-state index in [0.29, 0.717) is 21.5 Å². The van der Waals surface area contributed by atoms with Gasteiger partial charge in [0.15, 0.2) is 6.61 Å². The third-order valence-electron chi connectivity index (χ3n) is 2.86. The number of carbonyl (C=O) groups is 1. The minimum Gasteiger partial charge on any atom is -0.482 e. The van der Waals surface area contributed by atoms with Crippen LogP contribution in [-0.2, 0) is 4.79 Å². The van der Waals surface area contributed by atoms with Crippen LogP contribution in [0.25, 0.3) is 0 Å². The van der Waals surface area contributed by atoms with Crippen molar-refractivity contribution in [3.63, 3.8) is 0 Å². The molecule has 0 aliphatic heterocycles. The van der Waals surface area contributed by atoms with Crippen molar-refractivity contribution in [3.8, 4) is 5.75 Å². The third-order valence-corrected chi connectivity index (χ3v) is 3.90. The summed E-state index contributed by atoms with van der Waals surface area (Å²) in [6.07, 6.45) is 0. The maximum Gasteiger partial charge on any atom is 0.277 e. The van der Waals surface area contributed by atoms with Gasteiger partial charge < -0.3 is 4.74 Å². The maximum atomic E-state index is 11.8. The summed E-state index contributed by atoms with van der Waals surface area (Å²) in [6.45, 7) is 1.61. The van der Waals surface area contributed by atoms with Gasteiger partial charge >= 0.3 is 0 Å². The van der Waals surface area contributed by atoms with E-state index < -0.39 is 0 Å². The van der Waals surface area contributed by atoms with E-state index in [1.165, 1.54) is 0 Å². The highest BCUT2D eigenvalue weighted by Gasteiger charge is 2.06. The number of carbonyl (C=O) groups excluding carboxylic acids is 1. The number of hydrogen-bond donors (Lipinski definition) is 1. The number of hydrazone groups is 1. The SMILES string of the molecule is CC(=NNC(=O)COc1ccc(Br)cc1Cl)c1ccc(Cl)cc1. The van der Waals surface area contributed by atoms with Crippen molar-refractivity contribution in [2.75, 3.05) is 6.61 Å². The first-order valence-corrected chi connectivity index (χ1v) is 8.17. The number of hydrogen-bond acceptors (Lipinski definition) is 3. The molecule has 7 heteroatoms. The van der Waals surface area contributed by atoms with Gasteiger partial charge in [-0.05, 0) is 42.8 Å². The summed E-state index contributed by atoms with van der Waals surface area (Å²) in [7, 11) is 0. The molecule has 23 heavy (non-hydrogen) atoms. The number of benzene rings is 2. The lowest BCUT2D eigenvalue weighted by atomic mass is 10.1. The van der Waals surface area contributed by atoms with E-state index in [1.807, 2.05) is 12.1 Å². The van der Waals surface area contributed by atoms with E-state index in [4.69, 9.17) is 27.9 Å². The minimum atomic E-state index is -0.378. The first-order valence-electron chi connectivity index (χ1n) is 6.62. The molecule has 0 saturated carbocycles. The van der Waals surface area contributed by atoms with Gasteiger partial charge in [-0.25, -0.2) is 5.43 Å². The summed E-state index contributed by atoms with van der Waals surface area (Å²) < 4.78 is 6.19. The Hall–Kier alpha value is -1.56. The van der Waals surface area contributed by atoms with Crippen LogP contribution in [0, 0.1) is 0 Å². The second-order valence-corrected chi connectivity index (χ2v) is 6.36. The molecule has 0 aromatic heterocycles. The predicted octanol–water partition coefficient (Wildman–Crippen LogP) is 4.68. The topological polar surface area (TPSA) is 50.7 Å². The summed E-state index contributed by atoms with van der Waals surface area (Å²) in [5.41, 5.74) is 3.97. The average Bonchev–Trinajstić information content (AvgIpc) is 2.52. The Kier molecular flexibility index (Phi) is 6.45. The lowest BCUT2D eigenvalue weighted by Crippen LogP contribution is -2.25. The fourth-order valence-corrected chi connectivity index (χ4v) is 2.52. The second kappa shape index (κ2) is 8.34. The van der Waals surface area contributed by atoms with Crippen LogP contribution in [0.3, 0.4) is 0 Å². The van der Waals surface area contributed by atoms with Gasteiger partial charge in [-0.2, -0.15) is 5.10 Å². The number of halogens is 3. The molecule has 1 amide bonds. The Morgan fingerprint density at radius 3 is 2.57 bits per heavy atom. The molecule has 0 heterocycles. The number of nitrogens with one attached hydrogen (secondary N) is 1. The molecular weight excluding hydrogens is 403 g/mol. The summed E-state index contributed by atoms with van der Waals surface area (Å²) >= 11 is 15.1. The molecule has 0 fully saturated rings. The highest BCUT2D eigenvalue weighted by atomic mass is 79.9. The van der Waals surface area contributed by atoms with E-state index in [-0.39, 0.29) is 12.5 Å². The van der Waals surface area contributed by atoms with Gasteiger partial charge in [0.1, 0.15) is 5.75 Å². The molecule has 2 rings (SSSR count). The van der Waals surface area contributed by atoms with Gasteiger partial charge in [-0.15, -0.1) is 0 Å². The van der Waals surface area contributed by atoms with Crippen LogP contribution in [-0.4, -0.2) is 18.2 Å². The van der Waals surface area contributed by atoms with Gasteiger partial charge in [0, 0.05) is 9.50 Å². The fourth-order valence-electron chi connectivity index (χ4n) is 1.67. The zero-order valence-corrected chi connectivity index (χ0v) is 15.2. The zero-order chi connectivity index (χ0) is 16.8. The van der Waals surface area contributed by atoms with Crippen molar-refractivity contribution in [1.82, 2.24) is 5.43 Å². The van der Waals surface area contributed by atoms with Crippen LogP contribution in [0.4, 0.5) is 0 Å². The smallest absolute Gasteiger partial charge is 0.277 e. The highest BCUT2D eigenvalue weighted by molar-refractivity contribution is 9.10. The average molecular weight is 416 g/mol. The van der Waals surface area contributed by atoms with E-state index in [2.05, 4.69) is 26.5 Å². The van der Waals surface area contributed by atoms with Gasteiger partial charge in [-0.3, -0.25) is 4.79 Å². The van der Waals surface area contributed by atoms with Crippen molar-refractivity contribution < 1.29 is 9.53 Å². The normalized spacial score (nSPS) is 11.2. The molecule has 4 nitrogen and oxygen atoms in total. The van der Waals surface area contributed by atoms with Crippen LogP contribution in [0.15, 0.2) is 52.0 Å². The summed E-state index contributed by atoms with van der Waals surface area (Å²) in [4.78, 5) is 11.8. The number of amides is 1. The zero-order valence-electron chi connectivity index (χ0n) is 12.1. The first kappa shape index (κ1) is 17.8. The van der Waals surface area contributed by atoms with Gasteiger partial charge in [0.25, 0.3) is 5.91 Å². The lowest BCUT2D eigenvalue weighted by Gasteiger charge is -2.07. The first-order chi connectivity index (χ1) is 11.0. The molecule has 0 aliphatic rings. The molecule has 0 saturated heterocycles. The number of ether oxygens (including phenoxy) is 1. The van der Waals surface area contributed by atoms with Gasteiger partial charge in [0.05, 0.1) is 10.7 Å². The van der Waals surface area contributed by atoms with Crippen LogP contribution in [0.5, 0.6) is 5.75 Å². The number of nitrogens with zero attached hydrogens (tertiary/aromatic N) is 1. The van der Waals surface area contributed by atoms with Crippen LogP contribution in [0.1, 0.15) is 12.5 Å². The molecule has 0 radical (unpaired) electrons. The standard InChI is InChI=1S/C16H13BrCl2N2O2/c1-10(11-2-5-13(18)6-3-11)20-21-16(22)9-23-15-7-4-12(17)8-14(15)19/h2-8H,9H2,1H3,(H,21,22). The van der Waals surface area contributed by atoms with E-state index in [0.717, 1.165) is 10.0 Å². The predicted molar refractivity (Wildman–Crippen MR) is 96.5 cm³/mol. The third kappa shape index (κ3) is 5.53. The van der Waals surface area contributed by atoms with Gasteiger partial charge in [0.2, 0.25) is 0 Å². The Labute approximate surface area is 152 Å². The monoisotopic (exact) mass is 414 g/mol. The quantitative estimate of drug-likeness (QED) is 0.569. The molecule has 0 unspecified atom stereocenters. The molecule has 2 aromatic rings. The Balaban J connectivity index is 1.89. The minimum absolute atomic E-state index is 0.182. The second-order valence-electron chi connectivity index (χ2n) is 4.60. The molecule has 0 spiro atoms. The van der Waals surface area contributed by atoms with Crippen molar-refractivity contribution in [1.29, 1.82) is 0 Å². The van der Waals surface area contributed by atoms with E-state index in [1.54, 1.807) is 37.3 Å². The molecule has 1 N–H and O–H groups in total. The van der Waals surface area contributed by atoms with E-state index >= 15 is 0 Å².